The Morgan fingerprint density at radius 2 is 2.07 bits per heavy atom. The maximum Gasteiger partial charge on any atom is 0.231 e. The minimum Gasteiger partial charge on any atom is -0.454 e. The normalized spacial score (nSPS) is 23.3. The zero-order valence-electron chi connectivity index (χ0n) is 15.3. The first-order valence-electron chi connectivity index (χ1n) is 9.54. The minimum absolute atomic E-state index is 0.0522. The molecule has 0 saturated carbocycles. The quantitative estimate of drug-likeness (QED) is 0.809. The molecule has 2 saturated heterocycles. The number of benzene rings is 1. The van der Waals surface area contributed by atoms with E-state index in [4.69, 9.17) is 18.9 Å². The molecule has 3 aliphatic rings. The second kappa shape index (κ2) is 7.11. The molecular weight excluding hydrogens is 344 g/mol. The summed E-state index contributed by atoms with van der Waals surface area (Å²) in [4.78, 5) is 6.75. The van der Waals surface area contributed by atoms with E-state index in [0.717, 1.165) is 56.3 Å². The van der Waals surface area contributed by atoms with Gasteiger partial charge >= 0.3 is 0 Å². The van der Waals surface area contributed by atoms with Crippen molar-refractivity contribution in [1.29, 1.82) is 0 Å². The largest absolute Gasteiger partial charge is 0.454 e. The number of nitrogens with zero attached hydrogens (tertiary/aromatic N) is 2. The van der Waals surface area contributed by atoms with E-state index in [1.165, 1.54) is 5.56 Å². The van der Waals surface area contributed by atoms with Gasteiger partial charge in [0.1, 0.15) is 0 Å². The Labute approximate surface area is 159 Å². The van der Waals surface area contributed by atoms with Crippen molar-refractivity contribution in [2.75, 3.05) is 26.5 Å². The van der Waals surface area contributed by atoms with Gasteiger partial charge in [-0.05, 0) is 36.2 Å². The summed E-state index contributed by atoms with van der Waals surface area (Å²) in [5.74, 6) is 1.68. The Hall–Kier alpha value is -2.15. The SMILES string of the molecule is c1ccc(CO[C@H]2CCOC3(C2)CN(Cc2ccc4c(c2)OCO4)C3)nc1. The predicted octanol–water partition coefficient (Wildman–Crippen LogP) is 2.76. The van der Waals surface area contributed by atoms with Crippen molar-refractivity contribution in [2.45, 2.75) is 37.7 Å². The lowest BCUT2D eigenvalue weighted by molar-refractivity contribution is -0.200. The molecule has 1 atom stereocenters. The molecule has 3 aliphatic heterocycles. The number of ether oxygens (including phenoxy) is 4. The number of hydrogen-bond acceptors (Lipinski definition) is 6. The van der Waals surface area contributed by atoms with E-state index >= 15 is 0 Å². The lowest BCUT2D eigenvalue weighted by Crippen LogP contribution is -2.65. The van der Waals surface area contributed by atoms with Gasteiger partial charge in [0.25, 0.3) is 0 Å². The Balaban J connectivity index is 1.13. The van der Waals surface area contributed by atoms with Gasteiger partial charge in [-0.15, -0.1) is 0 Å². The lowest BCUT2D eigenvalue weighted by Gasteiger charge is -2.53. The molecule has 2 aromatic rings. The molecule has 0 bridgehead atoms. The maximum atomic E-state index is 6.14. The number of aromatic nitrogens is 1. The Morgan fingerprint density at radius 3 is 2.96 bits per heavy atom. The third kappa shape index (κ3) is 3.65. The van der Waals surface area contributed by atoms with Gasteiger partial charge in [-0.3, -0.25) is 9.88 Å². The topological polar surface area (TPSA) is 53.1 Å². The van der Waals surface area contributed by atoms with E-state index in [9.17, 15) is 0 Å². The van der Waals surface area contributed by atoms with E-state index in [0.29, 0.717) is 13.4 Å². The van der Waals surface area contributed by atoms with Crippen LogP contribution in [0.3, 0.4) is 0 Å². The van der Waals surface area contributed by atoms with Gasteiger partial charge in [-0.25, -0.2) is 0 Å². The molecule has 0 aliphatic carbocycles. The number of fused-ring (bicyclic) bond motifs is 1. The van der Waals surface area contributed by atoms with Crippen LogP contribution in [0.2, 0.25) is 0 Å². The fraction of sp³-hybridized carbons (Fsp3) is 0.476. The first kappa shape index (κ1) is 17.0. The van der Waals surface area contributed by atoms with E-state index in [2.05, 4.69) is 22.0 Å². The predicted molar refractivity (Wildman–Crippen MR) is 98.6 cm³/mol. The van der Waals surface area contributed by atoms with Crippen LogP contribution >= 0.6 is 0 Å². The molecule has 0 radical (unpaired) electrons. The summed E-state index contributed by atoms with van der Waals surface area (Å²) in [5, 5.41) is 0. The first-order chi connectivity index (χ1) is 13.3. The summed E-state index contributed by atoms with van der Waals surface area (Å²) in [5.41, 5.74) is 2.17. The third-order valence-electron chi connectivity index (χ3n) is 5.51. The number of pyridine rings is 1. The molecule has 0 unspecified atom stereocenters. The fourth-order valence-corrected chi connectivity index (χ4v) is 4.21. The molecule has 0 amide bonds. The van der Waals surface area contributed by atoms with Crippen molar-refractivity contribution >= 4 is 0 Å². The molecule has 4 heterocycles. The zero-order chi connectivity index (χ0) is 18.1. The Morgan fingerprint density at radius 1 is 1.15 bits per heavy atom. The van der Waals surface area contributed by atoms with Crippen molar-refractivity contribution in [1.82, 2.24) is 9.88 Å². The van der Waals surface area contributed by atoms with Crippen LogP contribution in [0.4, 0.5) is 0 Å². The molecule has 6 heteroatoms. The first-order valence-corrected chi connectivity index (χ1v) is 9.54. The highest BCUT2D eigenvalue weighted by Gasteiger charge is 2.47. The van der Waals surface area contributed by atoms with E-state index in [1.807, 2.05) is 30.5 Å². The Kier molecular flexibility index (Phi) is 4.47. The summed E-state index contributed by atoms with van der Waals surface area (Å²) in [6.45, 7) is 4.46. The van der Waals surface area contributed by atoms with Crippen LogP contribution < -0.4 is 9.47 Å². The highest BCUT2D eigenvalue weighted by atomic mass is 16.7. The summed E-state index contributed by atoms with van der Waals surface area (Å²) >= 11 is 0. The molecule has 0 N–H and O–H groups in total. The highest BCUT2D eigenvalue weighted by Crippen LogP contribution is 2.38. The smallest absolute Gasteiger partial charge is 0.231 e. The van der Waals surface area contributed by atoms with Crippen LogP contribution in [0.1, 0.15) is 24.1 Å². The van der Waals surface area contributed by atoms with Gasteiger partial charge in [0.2, 0.25) is 6.79 Å². The van der Waals surface area contributed by atoms with Crippen molar-refractivity contribution in [3.8, 4) is 11.5 Å². The molecule has 1 aromatic heterocycles. The van der Waals surface area contributed by atoms with Crippen molar-refractivity contribution in [3.63, 3.8) is 0 Å². The Bertz CT molecular complexity index is 792. The molecule has 1 aromatic carbocycles. The molecule has 6 nitrogen and oxygen atoms in total. The van der Waals surface area contributed by atoms with Gasteiger partial charge in [-0.1, -0.05) is 12.1 Å². The average Bonchev–Trinajstić information content (AvgIpc) is 3.14. The molecular formula is C21H24N2O4. The second-order valence-electron chi connectivity index (χ2n) is 7.61. The minimum atomic E-state index is -0.0522. The fourth-order valence-electron chi connectivity index (χ4n) is 4.21. The maximum absolute atomic E-state index is 6.14. The molecule has 2 fully saturated rings. The van der Waals surface area contributed by atoms with Gasteiger partial charge in [-0.2, -0.15) is 0 Å². The van der Waals surface area contributed by atoms with Crippen molar-refractivity contribution in [2.24, 2.45) is 0 Å². The van der Waals surface area contributed by atoms with Crippen molar-refractivity contribution < 1.29 is 18.9 Å². The van der Waals surface area contributed by atoms with E-state index < -0.39 is 0 Å². The van der Waals surface area contributed by atoms with Gasteiger partial charge in [0.15, 0.2) is 11.5 Å². The van der Waals surface area contributed by atoms with Crippen LogP contribution in [0.15, 0.2) is 42.6 Å². The molecule has 142 valence electrons. The monoisotopic (exact) mass is 368 g/mol. The van der Waals surface area contributed by atoms with Crippen LogP contribution in [-0.2, 0) is 22.6 Å². The molecule has 5 rings (SSSR count). The average molecular weight is 368 g/mol. The van der Waals surface area contributed by atoms with Crippen LogP contribution in [0, 0.1) is 0 Å². The van der Waals surface area contributed by atoms with Crippen molar-refractivity contribution in [3.05, 3.63) is 53.9 Å². The number of likely N-dealkylation sites (tertiary alicyclic amines) is 1. The third-order valence-corrected chi connectivity index (χ3v) is 5.51. The van der Waals surface area contributed by atoms with Crippen LogP contribution in [-0.4, -0.2) is 48.1 Å². The molecule has 1 spiro atoms. The van der Waals surface area contributed by atoms with Crippen LogP contribution in [0.25, 0.3) is 0 Å². The number of rotatable bonds is 5. The van der Waals surface area contributed by atoms with E-state index in [1.54, 1.807) is 0 Å². The summed E-state index contributed by atoms with van der Waals surface area (Å²) in [6.07, 6.45) is 3.96. The van der Waals surface area contributed by atoms with Gasteiger partial charge < -0.3 is 18.9 Å². The zero-order valence-corrected chi connectivity index (χ0v) is 15.3. The second-order valence-corrected chi connectivity index (χ2v) is 7.61. The number of hydrogen-bond donors (Lipinski definition) is 0. The van der Waals surface area contributed by atoms with Gasteiger partial charge in [0.05, 0.1) is 24.0 Å². The summed E-state index contributed by atoms with van der Waals surface area (Å²) in [7, 11) is 0. The summed E-state index contributed by atoms with van der Waals surface area (Å²) in [6, 6.07) is 12.1. The van der Waals surface area contributed by atoms with Gasteiger partial charge in [0, 0.05) is 38.9 Å². The standard InChI is InChI=1S/C21H24N2O4/c1-2-7-22-17(3-1)12-24-18-6-8-27-21(10-18)13-23(14-21)11-16-4-5-19-20(9-16)26-15-25-19/h1-5,7,9,18H,6,8,10-15H2/t18-/m0/s1. The van der Waals surface area contributed by atoms with Crippen LogP contribution in [0.5, 0.6) is 11.5 Å². The summed E-state index contributed by atoms with van der Waals surface area (Å²) < 4.78 is 23.1. The lowest BCUT2D eigenvalue weighted by atomic mass is 9.84. The van der Waals surface area contributed by atoms with E-state index in [-0.39, 0.29) is 11.7 Å². The highest BCUT2D eigenvalue weighted by molar-refractivity contribution is 5.44. The molecule has 27 heavy (non-hydrogen) atoms.